The predicted molar refractivity (Wildman–Crippen MR) is 78.6 cm³/mol. The molecule has 0 atom stereocenters. The van der Waals surface area contributed by atoms with Crippen molar-refractivity contribution in [3.63, 3.8) is 0 Å². The first kappa shape index (κ1) is 16.9. The van der Waals surface area contributed by atoms with Gasteiger partial charge < -0.3 is 10.2 Å². The van der Waals surface area contributed by atoms with Crippen molar-refractivity contribution in [1.29, 1.82) is 0 Å². The number of nitrogens with one attached hydrogen (secondary N) is 1. The van der Waals surface area contributed by atoms with E-state index < -0.39 is 0 Å². The molecule has 0 aliphatic rings. The molecule has 0 aromatic rings. The van der Waals surface area contributed by atoms with Crippen LogP contribution in [0.25, 0.3) is 0 Å². The summed E-state index contributed by atoms with van der Waals surface area (Å²) in [5.74, 6) is 0. The molecule has 104 valence electrons. The molecule has 0 unspecified atom stereocenters. The largest absolute Gasteiger partial charge is 0.315 e. The first-order chi connectivity index (χ1) is 8.05. The Morgan fingerprint density at radius 1 is 1.00 bits per heavy atom. The van der Waals surface area contributed by atoms with Gasteiger partial charge >= 0.3 is 0 Å². The minimum atomic E-state index is 0.457. The van der Waals surface area contributed by atoms with Gasteiger partial charge in [-0.2, -0.15) is 0 Å². The van der Waals surface area contributed by atoms with E-state index in [1.54, 1.807) is 0 Å². The molecule has 2 heteroatoms. The van der Waals surface area contributed by atoms with Crippen LogP contribution >= 0.6 is 0 Å². The van der Waals surface area contributed by atoms with Crippen molar-refractivity contribution in [3.8, 4) is 0 Å². The molecule has 0 rings (SSSR count). The van der Waals surface area contributed by atoms with Crippen LogP contribution < -0.4 is 5.32 Å². The first-order valence-corrected chi connectivity index (χ1v) is 7.48. The Labute approximate surface area is 109 Å². The van der Waals surface area contributed by atoms with E-state index in [1.165, 1.54) is 32.2 Å². The molecular formula is C15H34N2. The quantitative estimate of drug-likeness (QED) is 0.558. The monoisotopic (exact) mass is 242 g/mol. The van der Waals surface area contributed by atoms with Gasteiger partial charge in [-0.3, -0.25) is 0 Å². The molecule has 0 spiro atoms. The van der Waals surface area contributed by atoms with Gasteiger partial charge in [0.25, 0.3) is 0 Å². The summed E-state index contributed by atoms with van der Waals surface area (Å²) in [5, 5.41) is 3.61. The fourth-order valence-electron chi connectivity index (χ4n) is 2.15. The van der Waals surface area contributed by atoms with Gasteiger partial charge in [0.2, 0.25) is 0 Å². The van der Waals surface area contributed by atoms with Crippen molar-refractivity contribution in [3.05, 3.63) is 0 Å². The number of nitrogens with zero attached hydrogens (tertiary/aromatic N) is 1. The predicted octanol–water partition coefficient (Wildman–Crippen LogP) is 3.52. The average molecular weight is 242 g/mol. The third-order valence-electron chi connectivity index (χ3n) is 3.56. The van der Waals surface area contributed by atoms with Gasteiger partial charge in [0.1, 0.15) is 0 Å². The molecule has 0 radical (unpaired) electrons. The fourth-order valence-corrected chi connectivity index (χ4v) is 2.15. The maximum Gasteiger partial charge on any atom is 0.0107 e. The lowest BCUT2D eigenvalue weighted by Gasteiger charge is -2.26. The second kappa shape index (κ2) is 9.90. The van der Waals surface area contributed by atoms with E-state index in [2.05, 4.69) is 44.8 Å². The lowest BCUT2D eigenvalue weighted by molar-refractivity contribution is 0.272. The number of hydrogen-bond acceptors (Lipinski definition) is 2. The molecule has 0 aliphatic heterocycles. The lowest BCUT2D eigenvalue weighted by atomic mass is 9.87. The van der Waals surface area contributed by atoms with E-state index in [-0.39, 0.29) is 0 Å². The number of unbranched alkanes of at least 4 members (excludes halogenated alkanes) is 2. The highest BCUT2D eigenvalue weighted by atomic mass is 15.1. The summed E-state index contributed by atoms with van der Waals surface area (Å²) >= 11 is 0. The third-order valence-corrected chi connectivity index (χ3v) is 3.56. The highest BCUT2D eigenvalue weighted by Crippen LogP contribution is 2.22. The van der Waals surface area contributed by atoms with Crippen molar-refractivity contribution in [2.75, 3.05) is 32.7 Å². The van der Waals surface area contributed by atoms with Gasteiger partial charge in [-0.25, -0.2) is 0 Å². The number of rotatable bonds is 11. The van der Waals surface area contributed by atoms with E-state index in [9.17, 15) is 0 Å². The zero-order chi connectivity index (χ0) is 13.1. The molecule has 17 heavy (non-hydrogen) atoms. The summed E-state index contributed by atoms with van der Waals surface area (Å²) in [4.78, 5) is 2.47. The summed E-state index contributed by atoms with van der Waals surface area (Å²) in [6.45, 7) is 17.3. The summed E-state index contributed by atoms with van der Waals surface area (Å²) in [5.41, 5.74) is 0.457. The Bertz CT molecular complexity index is 162. The normalized spacial score (nSPS) is 12.4. The van der Waals surface area contributed by atoms with Crippen LogP contribution in [0.1, 0.15) is 60.3 Å². The second-order valence-electron chi connectivity index (χ2n) is 5.82. The summed E-state index contributed by atoms with van der Waals surface area (Å²) in [6.07, 6.45) is 5.43. The van der Waals surface area contributed by atoms with Gasteiger partial charge in [0, 0.05) is 19.6 Å². The van der Waals surface area contributed by atoms with E-state index in [0.717, 1.165) is 26.2 Å². The molecule has 0 saturated carbocycles. The highest BCUT2D eigenvalue weighted by Gasteiger charge is 2.16. The standard InChI is InChI=1S/C15H34N2/c1-6-9-10-11-15(4,5)14-16-12-13-17(7-2)8-3/h16H,6-14H2,1-5H3. The Hall–Kier alpha value is -0.0800. The third kappa shape index (κ3) is 9.61. The van der Waals surface area contributed by atoms with Crippen molar-refractivity contribution >= 4 is 0 Å². The topological polar surface area (TPSA) is 15.3 Å². The first-order valence-electron chi connectivity index (χ1n) is 7.48. The van der Waals surface area contributed by atoms with E-state index in [4.69, 9.17) is 0 Å². The second-order valence-corrected chi connectivity index (χ2v) is 5.82. The molecule has 0 fully saturated rings. The van der Waals surface area contributed by atoms with E-state index in [0.29, 0.717) is 5.41 Å². The van der Waals surface area contributed by atoms with Crippen LogP contribution in [-0.2, 0) is 0 Å². The van der Waals surface area contributed by atoms with Gasteiger partial charge in [0.05, 0.1) is 0 Å². The SMILES string of the molecule is CCCCCC(C)(C)CNCCN(CC)CC. The maximum atomic E-state index is 3.61. The Kier molecular flexibility index (Phi) is 9.85. The van der Waals surface area contributed by atoms with Crippen molar-refractivity contribution in [1.82, 2.24) is 10.2 Å². The smallest absolute Gasteiger partial charge is 0.0107 e. The Balaban J connectivity index is 3.57. The molecule has 0 amide bonds. The van der Waals surface area contributed by atoms with Crippen LogP contribution in [0.5, 0.6) is 0 Å². The molecular weight excluding hydrogens is 208 g/mol. The molecule has 0 aromatic carbocycles. The number of hydrogen-bond donors (Lipinski definition) is 1. The molecule has 0 heterocycles. The van der Waals surface area contributed by atoms with Crippen LogP contribution in [0.3, 0.4) is 0 Å². The maximum absolute atomic E-state index is 3.61. The van der Waals surface area contributed by atoms with E-state index in [1.807, 2.05) is 0 Å². The van der Waals surface area contributed by atoms with Crippen LogP contribution in [0, 0.1) is 5.41 Å². The number of likely N-dealkylation sites (N-methyl/N-ethyl adjacent to an activating group) is 1. The zero-order valence-electron chi connectivity index (χ0n) is 12.8. The van der Waals surface area contributed by atoms with Crippen LogP contribution in [0.2, 0.25) is 0 Å². The van der Waals surface area contributed by atoms with Crippen molar-refractivity contribution in [2.45, 2.75) is 60.3 Å². The molecule has 0 aliphatic carbocycles. The van der Waals surface area contributed by atoms with Gasteiger partial charge in [-0.05, 0) is 24.9 Å². The molecule has 0 bridgehead atoms. The van der Waals surface area contributed by atoms with Gasteiger partial charge in [-0.15, -0.1) is 0 Å². The van der Waals surface area contributed by atoms with Crippen molar-refractivity contribution < 1.29 is 0 Å². The summed E-state index contributed by atoms with van der Waals surface area (Å²) in [6, 6.07) is 0. The zero-order valence-corrected chi connectivity index (χ0v) is 12.8. The molecule has 0 aromatic heterocycles. The van der Waals surface area contributed by atoms with Crippen LogP contribution in [-0.4, -0.2) is 37.6 Å². The van der Waals surface area contributed by atoms with Gasteiger partial charge in [-0.1, -0.05) is 53.9 Å². The van der Waals surface area contributed by atoms with E-state index >= 15 is 0 Å². The summed E-state index contributed by atoms with van der Waals surface area (Å²) < 4.78 is 0. The molecule has 2 nitrogen and oxygen atoms in total. The van der Waals surface area contributed by atoms with Crippen molar-refractivity contribution in [2.24, 2.45) is 5.41 Å². The minimum absolute atomic E-state index is 0.457. The Morgan fingerprint density at radius 3 is 2.18 bits per heavy atom. The Morgan fingerprint density at radius 2 is 1.65 bits per heavy atom. The average Bonchev–Trinajstić information content (AvgIpc) is 2.29. The van der Waals surface area contributed by atoms with Gasteiger partial charge in [0.15, 0.2) is 0 Å². The van der Waals surface area contributed by atoms with Crippen LogP contribution in [0.4, 0.5) is 0 Å². The highest BCUT2D eigenvalue weighted by molar-refractivity contribution is 4.72. The van der Waals surface area contributed by atoms with Crippen LogP contribution in [0.15, 0.2) is 0 Å². The lowest BCUT2D eigenvalue weighted by Crippen LogP contribution is -2.36. The molecule has 1 N–H and O–H groups in total. The summed E-state index contributed by atoms with van der Waals surface area (Å²) in [7, 11) is 0. The fraction of sp³-hybridized carbons (Fsp3) is 1.00. The minimum Gasteiger partial charge on any atom is -0.315 e. The molecule has 0 saturated heterocycles.